The minimum Gasteiger partial charge on any atom is -0.481 e. The van der Waals surface area contributed by atoms with Gasteiger partial charge in [-0.05, 0) is 18.8 Å². The number of carboxylic acid groups (broad SMARTS) is 1. The summed E-state index contributed by atoms with van der Waals surface area (Å²) in [7, 11) is 0. The normalized spacial score (nSPS) is 31.2. The number of epoxide rings is 1. The van der Waals surface area contributed by atoms with Crippen LogP contribution in [0, 0.1) is 11.8 Å². The highest BCUT2D eigenvalue weighted by atomic mass is 16.6. The second kappa shape index (κ2) is 3.66. The highest BCUT2D eigenvalue weighted by Crippen LogP contribution is 2.36. The lowest BCUT2D eigenvalue weighted by Crippen LogP contribution is -2.30. The first-order valence-corrected chi connectivity index (χ1v) is 5.13. The molecule has 2 fully saturated rings. The maximum atomic E-state index is 11.0. The molecule has 74 valence electrons. The van der Waals surface area contributed by atoms with Gasteiger partial charge in [0.25, 0.3) is 0 Å². The third kappa shape index (κ3) is 2.02. The molecule has 0 aromatic carbocycles. The van der Waals surface area contributed by atoms with Crippen molar-refractivity contribution in [3.05, 3.63) is 0 Å². The minimum absolute atomic E-state index is 0.0283. The van der Waals surface area contributed by atoms with E-state index in [1.165, 1.54) is 19.3 Å². The van der Waals surface area contributed by atoms with Gasteiger partial charge in [0.2, 0.25) is 0 Å². The number of hydrogen-bond donors (Lipinski definition) is 1. The lowest BCUT2D eigenvalue weighted by atomic mass is 9.78. The van der Waals surface area contributed by atoms with Crippen molar-refractivity contribution >= 4 is 5.97 Å². The van der Waals surface area contributed by atoms with E-state index in [9.17, 15) is 4.79 Å². The Bertz CT molecular complexity index is 192. The Morgan fingerprint density at radius 3 is 2.38 bits per heavy atom. The molecule has 3 heteroatoms. The van der Waals surface area contributed by atoms with Gasteiger partial charge < -0.3 is 9.84 Å². The quantitative estimate of drug-likeness (QED) is 0.679. The Labute approximate surface area is 78.1 Å². The highest BCUT2D eigenvalue weighted by Gasteiger charge is 2.42. The zero-order valence-corrected chi connectivity index (χ0v) is 7.74. The SMILES string of the molecule is O=C(O)C(C1CCCCC1)C1CO1. The number of ether oxygens (including phenoxy) is 1. The topological polar surface area (TPSA) is 49.8 Å². The molecule has 1 aliphatic carbocycles. The van der Waals surface area contributed by atoms with Crippen LogP contribution in [0.1, 0.15) is 32.1 Å². The maximum Gasteiger partial charge on any atom is 0.309 e. The van der Waals surface area contributed by atoms with Gasteiger partial charge in [0.05, 0.1) is 18.6 Å². The van der Waals surface area contributed by atoms with Gasteiger partial charge in [-0.3, -0.25) is 4.79 Å². The molecule has 2 aliphatic rings. The number of aliphatic carboxylic acids is 1. The fraction of sp³-hybridized carbons (Fsp3) is 0.900. The molecule has 1 aliphatic heterocycles. The molecule has 2 rings (SSSR count). The zero-order chi connectivity index (χ0) is 9.26. The summed E-state index contributed by atoms with van der Waals surface area (Å²) in [5, 5.41) is 9.06. The van der Waals surface area contributed by atoms with Crippen LogP contribution in [0.4, 0.5) is 0 Å². The van der Waals surface area contributed by atoms with E-state index < -0.39 is 5.97 Å². The van der Waals surface area contributed by atoms with Gasteiger partial charge in [-0.2, -0.15) is 0 Å². The van der Waals surface area contributed by atoms with Crippen molar-refractivity contribution < 1.29 is 14.6 Å². The molecule has 0 aromatic rings. The summed E-state index contributed by atoms with van der Waals surface area (Å²) in [6, 6.07) is 0. The summed E-state index contributed by atoms with van der Waals surface area (Å²) in [5.41, 5.74) is 0. The fourth-order valence-corrected chi connectivity index (χ4v) is 2.42. The molecule has 0 amide bonds. The minimum atomic E-state index is -0.658. The number of carbonyl (C=O) groups is 1. The van der Waals surface area contributed by atoms with Crippen LogP contribution in [0.15, 0.2) is 0 Å². The van der Waals surface area contributed by atoms with Gasteiger partial charge in [0.1, 0.15) is 0 Å². The summed E-state index contributed by atoms with van der Waals surface area (Å²) in [5.74, 6) is -0.506. The molecule has 1 N–H and O–H groups in total. The molecular weight excluding hydrogens is 168 g/mol. The zero-order valence-electron chi connectivity index (χ0n) is 7.74. The monoisotopic (exact) mass is 184 g/mol. The summed E-state index contributed by atoms with van der Waals surface area (Å²) in [4.78, 5) is 11.0. The van der Waals surface area contributed by atoms with Gasteiger partial charge in [-0.1, -0.05) is 19.3 Å². The molecule has 1 saturated heterocycles. The Balaban J connectivity index is 1.96. The largest absolute Gasteiger partial charge is 0.481 e. The Hall–Kier alpha value is -0.570. The third-order valence-corrected chi connectivity index (χ3v) is 3.20. The van der Waals surface area contributed by atoms with Crippen LogP contribution in [-0.4, -0.2) is 23.8 Å². The predicted octanol–water partition coefficient (Wildman–Crippen LogP) is 1.67. The lowest BCUT2D eigenvalue weighted by Gasteiger charge is -2.26. The smallest absolute Gasteiger partial charge is 0.309 e. The van der Waals surface area contributed by atoms with Crippen LogP contribution < -0.4 is 0 Å². The summed E-state index contributed by atoms with van der Waals surface area (Å²) in [6.07, 6.45) is 5.85. The van der Waals surface area contributed by atoms with Crippen LogP contribution in [0.5, 0.6) is 0 Å². The van der Waals surface area contributed by atoms with Gasteiger partial charge >= 0.3 is 5.97 Å². The van der Waals surface area contributed by atoms with Gasteiger partial charge in [0.15, 0.2) is 0 Å². The predicted molar refractivity (Wildman–Crippen MR) is 47.4 cm³/mol. The van der Waals surface area contributed by atoms with Gasteiger partial charge in [0, 0.05) is 0 Å². The maximum absolute atomic E-state index is 11.0. The van der Waals surface area contributed by atoms with E-state index in [1.54, 1.807) is 0 Å². The van der Waals surface area contributed by atoms with Crippen molar-refractivity contribution in [1.82, 2.24) is 0 Å². The van der Waals surface area contributed by atoms with E-state index in [0.717, 1.165) is 12.8 Å². The number of rotatable bonds is 3. The van der Waals surface area contributed by atoms with Crippen LogP contribution in [-0.2, 0) is 9.53 Å². The first-order valence-electron chi connectivity index (χ1n) is 5.13. The molecule has 0 spiro atoms. The van der Waals surface area contributed by atoms with Crippen LogP contribution in [0.2, 0.25) is 0 Å². The molecule has 0 radical (unpaired) electrons. The molecule has 3 nitrogen and oxygen atoms in total. The molecule has 1 heterocycles. The molecule has 2 atom stereocenters. The highest BCUT2D eigenvalue weighted by molar-refractivity contribution is 5.71. The van der Waals surface area contributed by atoms with Crippen molar-refractivity contribution in [2.45, 2.75) is 38.2 Å². The fourth-order valence-electron chi connectivity index (χ4n) is 2.42. The van der Waals surface area contributed by atoms with E-state index in [4.69, 9.17) is 9.84 Å². The average Bonchev–Trinajstić information content (AvgIpc) is 2.90. The standard InChI is InChI=1S/C10H16O3/c11-10(12)9(8-6-13-8)7-4-2-1-3-5-7/h7-9H,1-6H2,(H,11,12). The van der Waals surface area contributed by atoms with Crippen molar-refractivity contribution in [1.29, 1.82) is 0 Å². The van der Waals surface area contributed by atoms with E-state index in [2.05, 4.69) is 0 Å². The van der Waals surface area contributed by atoms with E-state index >= 15 is 0 Å². The van der Waals surface area contributed by atoms with Crippen molar-refractivity contribution in [3.8, 4) is 0 Å². The molecule has 1 saturated carbocycles. The molecule has 0 aromatic heterocycles. The van der Waals surface area contributed by atoms with Crippen LogP contribution >= 0.6 is 0 Å². The molecule has 13 heavy (non-hydrogen) atoms. The van der Waals surface area contributed by atoms with Gasteiger partial charge in [-0.25, -0.2) is 0 Å². The van der Waals surface area contributed by atoms with Crippen LogP contribution in [0.25, 0.3) is 0 Å². The third-order valence-electron chi connectivity index (χ3n) is 3.20. The Morgan fingerprint density at radius 1 is 1.31 bits per heavy atom. The summed E-state index contributed by atoms with van der Waals surface area (Å²) < 4.78 is 5.10. The molecule has 2 unspecified atom stereocenters. The van der Waals surface area contributed by atoms with Crippen molar-refractivity contribution in [3.63, 3.8) is 0 Å². The second-order valence-electron chi connectivity index (χ2n) is 4.13. The number of hydrogen-bond acceptors (Lipinski definition) is 2. The summed E-state index contributed by atoms with van der Waals surface area (Å²) in [6.45, 7) is 0.660. The van der Waals surface area contributed by atoms with Crippen molar-refractivity contribution in [2.24, 2.45) is 11.8 Å². The average molecular weight is 184 g/mol. The summed E-state index contributed by atoms with van der Waals surface area (Å²) >= 11 is 0. The Morgan fingerprint density at radius 2 is 1.92 bits per heavy atom. The van der Waals surface area contributed by atoms with Gasteiger partial charge in [-0.15, -0.1) is 0 Å². The second-order valence-corrected chi connectivity index (χ2v) is 4.13. The molecular formula is C10H16O3. The van der Waals surface area contributed by atoms with Crippen molar-refractivity contribution in [2.75, 3.05) is 6.61 Å². The first kappa shape index (κ1) is 9.00. The first-order chi connectivity index (χ1) is 6.29. The lowest BCUT2D eigenvalue weighted by molar-refractivity contribution is -0.145. The van der Waals surface area contributed by atoms with E-state index in [-0.39, 0.29) is 12.0 Å². The van der Waals surface area contributed by atoms with Crippen LogP contribution in [0.3, 0.4) is 0 Å². The Kier molecular flexibility index (Phi) is 2.54. The number of carboxylic acids is 1. The van der Waals surface area contributed by atoms with E-state index in [0.29, 0.717) is 12.5 Å². The van der Waals surface area contributed by atoms with E-state index in [1.807, 2.05) is 0 Å². The molecule has 0 bridgehead atoms.